The molecule has 1 aliphatic carbocycles. The number of nitrogens with zero attached hydrogens (tertiary/aromatic N) is 1. The molecule has 4 aromatic carbocycles. The van der Waals surface area contributed by atoms with E-state index in [1.54, 1.807) is 0 Å². The normalized spacial score (nSPS) is 14.3. The Morgan fingerprint density at radius 1 is 0.655 bits per heavy atom. The van der Waals surface area contributed by atoms with E-state index in [9.17, 15) is 0 Å². The van der Waals surface area contributed by atoms with Crippen molar-refractivity contribution in [2.45, 2.75) is 19.3 Å². The number of fused-ring (bicyclic) bond motifs is 6. The van der Waals surface area contributed by atoms with E-state index in [0.29, 0.717) is 0 Å². The lowest BCUT2D eigenvalue weighted by molar-refractivity contribution is 0.660. The van der Waals surface area contributed by atoms with Crippen LogP contribution in [0.15, 0.2) is 89.4 Å². The highest BCUT2D eigenvalue weighted by atomic mass is 79.9. The van der Waals surface area contributed by atoms with Crippen molar-refractivity contribution in [1.82, 2.24) is 4.57 Å². The molecule has 0 unspecified atom stereocenters. The van der Waals surface area contributed by atoms with Crippen LogP contribution in [0.2, 0.25) is 0 Å². The Bertz CT molecular complexity index is 1380. The fraction of sp³-hybridized carbons (Fsp3) is 0.111. The zero-order valence-corrected chi connectivity index (χ0v) is 18.0. The summed E-state index contributed by atoms with van der Waals surface area (Å²) < 4.78 is 3.52. The van der Waals surface area contributed by atoms with Gasteiger partial charge in [-0.1, -0.05) is 74.5 Å². The van der Waals surface area contributed by atoms with E-state index in [1.807, 2.05) is 0 Å². The molecule has 0 atom stereocenters. The van der Waals surface area contributed by atoms with Gasteiger partial charge < -0.3 is 4.57 Å². The maximum absolute atomic E-state index is 3.91. The van der Waals surface area contributed by atoms with Gasteiger partial charge in [-0.3, -0.25) is 0 Å². The van der Waals surface area contributed by atoms with Gasteiger partial charge in [0.25, 0.3) is 0 Å². The summed E-state index contributed by atoms with van der Waals surface area (Å²) in [5.41, 5.74) is 9.14. The van der Waals surface area contributed by atoms with Crippen molar-refractivity contribution in [1.29, 1.82) is 0 Å². The molecule has 140 valence electrons. The highest BCUT2D eigenvalue weighted by Crippen LogP contribution is 2.50. The molecule has 0 spiro atoms. The van der Waals surface area contributed by atoms with Crippen LogP contribution in [0.1, 0.15) is 25.0 Å². The number of para-hydroxylation sites is 2. The molecule has 1 nitrogen and oxygen atoms in total. The van der Waals surface area contributed by atoms with E-state index in [4.69, 9.17) is 0 Å². The third-order valence-electron chi connectivity index (χ3n) is 6.47. The Morgan fingerprint density at radius 3 is 1.93 bits per heavy atom. The number of hydrogen-bond donors (Lipinski definition) is 0. The predicted octanol–water partition coefficient (Wildman–Crippen LogP) is 7.85. The Hall–Kier alpha value is -2.84. The summed E-state index contributed by atoms with van der Waals surface area (Å²) in [5.74, 6) is 0. The van der Waals surface area contributed by atoms with Crippen molar-refractivity contribution < 1.29 is 0 Å². The van der Waals surface area contributed by atoms with E-state index in [1.165, 1.54) is 49.7 Å². The van der Waals surface area contributed by atoms with Crippen LogP contribution in [0.25, 0.3) is 38.6 Å². The minimum Gasteiger partial charge on any atom is -0.308 e. The van der Waals surface area contributed by atoms with E-state index in [-0.39, 0.29) is 5.41 Å². The molecule has 0 aliphatic heterocycles. The second kappa shape index (κ2) is 5.84. The summed E-state index contributed by atoms with van der Waals surface area (Å²) in [6, 6.07) is 30.9. The summed E-state index contributed by atoms with van der Waals surface area (Å²) in [4.78, 5) is 0. The third kappa shape index (κ3) is 2.21. The van der Waals surface area contributed by atoms with Crippen molar-refractivity contribution in [2.24, 2.45) is 0 Å². The Labute approximate surface area is 178 Å². The summed E-state index contributed by atoms with van der Waals surface area (Å²) in [5, 5.41) is 2.58. The SMILES string of the molecule is CC1(C)c2ccccc2-c2cc(Br)c(-n3c4ccccc4c4ccccc43)cc21. The number of hydrogen-bond acceptors (Lipinski definition) is 0. The highest BCUT2D eigenvalue weighted by Gasteiger charge is 2.36. The van der Waals surface area contributed by atoms with Crippen molar-refractivity contribution in [3.8, 4) is 16.8 Å². The van der Waals surface area contributed by atoms with E-state index >= 15 is 0 Å². The average molecular weight is 438 g/mol. The quantitative estimate of drug-likeness (QED) is 0.251. The molecule has 5 aromatic rings. The minimum absolute atomic E-state index is 0.0138. The maximum atomic E-state index is 3.91. The molecule has 1 heterocycles. The zero-order chi connectivity index (χ0) is 19.8. The first-order chi connectivity index (χ1) is 14.1. The highest BCUT2D eigenvalue weighted by molar-refractivity contribution is 9.10. The van der Waals surface area contributed by atoms with Gasteiger partial charge in [-0.25, -0.2) is 0 Å². The summed E-state index contributed by atoms with van der Waals surface area (Å²) in [6.07, 6.45) is 0. The fourth-order valence-corrected chi connectivity index (χ4v) is 5.58. The Kier molecular flexibility index (Phi) is 3.43. The van der Waals surface area contributed by atoms with Crippen LogP contribution in [0.4, 0.5) is 0 Å². The van der Waals surface area contributed by atoms with Crippen LogP contribution in [-0.4, -0.2) is 4.57 Å². The fourth-order valence-electron chi connectivity index (χ4n) is 5.06. The molecular weight excluding hydrogens is 418 g/mol. The second-order valence-corrected chi connectivity index (χ2v) is 9.24. The van der Waals surface area contributed by atoms with Gasteiger partial charge in [-0.05, 0) is 62.4 Å². The summed E-state index contributed by atoms with van der Waals surface area (Å²) >= 11 is 3.91. The predicted molar refractivity (Wildman–Crippen MR) is 126 cm³/mol. The number of halogens is 1. The second-order valence-electron chi connectivity index (χ2n) is 8.39. The van der Waals surface area contributed by atoms with Crippen LogP contribution in [-0.2, 0) is 5.41 Å². The first-order valence-corrected chi connectivity index (χ1v) is 10.8. The molecule has 0 fully saturated rings. The lowest BCUT2D eigenvalue weighted by atomic mass is 9.82. The van der Waals surface area contributed by atoms with Crippen LogP contribution in [0.5, 0.6) is 0 Å². The van der Waals surface area contributed by atoms with Crippen molar-refractivity contribution >= 4 is 37.7 Å². The molecule has 2 heteroatoms. The maximum Gasteiger partial charge on any atom is 0.0607 e. The average Bonchev–Trinajstić information content (AvgIpc) is 3.18. The molecule has 0 saturated carbocycles. The monoisotopic (exact) mass is 437 g/mol. The lowest BCUT2D eigenvalue weighted by Crippen LogP contribution is -2.15. The molecular formula is C27H20BrN. The number of rotatable bonds is 1. The summed E-state index contributed by atoms with van der Waals surface area (Å²) in [7, 11) is 0. The van der Waals surface area contributed by atoms with Crippen LogP contribution >= 0.6 is 15.9 Å². The molecule has 0 bridgehead atoms. The van der Waals surface area contributed by atoms with E-state index in [0.717, 1.165) is 4.47 Å². The topological polar surface area (TPSA) is 4.93 Å². The molecule has 0 saturated heterocycles. The van der Waals surface area contributed by atoms with Gasteiger partial charge >= 0.3 is 0 Å². The van der Waals surface area contributed by atoms with Gasteiger partial charge in [-0.2, -0.15) is 0 Å². The molecule has 0 N–H and O–H groups in total. The van der Waals surface area contributed by atoms with Gasteiger partial charge in [0.15, 0.2) is 0 Å². The first-order valence-electron chi connectivity index (χ1n) is 10.00. The molecule has 6 rings (SSSR count). The molecule has 1 aromatic heterocycles. The molecule has 29 heavy (non-hydrogen) atoms. The number of benzene rings is 4. The largest absolute Gasteiger partial charge is 0.308 e. The Morgan fingerprint density at radius 2 is 1.24 bits per heavy atom. The van der Waals surface area contributed by atoms with Crippen LogP contribution < -0.4 is 0 Å². The van der Waals surface area contributed by atoms with Gasteiger partial charge in [0.05, 0.1) is 16.7 Å². The van der Waals surface area contributed by atoms with Gasteiger partial charge in [0, 0.05) is 20.7 Å². The molecule has 0 amide bonds. The van der Waals surface area contributed by atoms with Crippen molar-refractivity contribution in [2.75, 3.05) is 0 Å². The smallest absolute Gasteiger partial charge is 0.0607 e. The van der Waals surface area contributed by atoms with Crippen LogP contribution in [0.3, 0.4) is 0 Å². The van der Waals surface area contributed by atoms with Gasteiger partial charge in [0.2, 0.25) is 0 Å². The van der Waals surface area contributed by atoms with Gasteiger partial charge in [-0.15, -0.1) is 0 Å². The van der Waals surface area contributed by atoms with E-state index < -0.39 is 0 Å². The third-order valence-corrected chi connectivity index (χ3v) is 7.11. The minimum atomic E-state index is -0.0138. The number of aromatic nitrogens is 1. The van der Waals surface area contributed by atoms with Crippen molar-refractivity contribution in [3.63, 3.8) is 0 Å². The summed E-state index contributed by atoms with van der Waals surface area (Å²) in [6.45, 7) is 4.67. The Balaban J connectivity index is 1.72. The van der Waals surface area contributed by atoms with E-state index in [2.05, 4.69) is 119 Å². The van der Waals surface area contributed by atoms with Crippen molar-refractivity contribution in [3.05, 3.63) is 101 Å². The molecule has 0 radical (unpaired) electrons. The lowest BCUT2D eigenvalue weighted by Gasteiger charge is -2.22. The van der Waals surface area contributed by atoms with Crippen LogP contribution in [0, 0.1) is 0 Å². The van der Waals surface area contributed by atoms with Gasteiger partial charge in [0.1, 0.15) is 0 Å². The first kappa shape index (κ1) is 17.1. The zero-order valence-electron chi connectivity index (χ0n) is 16.4. The standard InChI is InChI=1S/C27H20BrN/c1-27(2)21-12-6-3-9-17(21)20-15-23(28)26(16-22(20)27)29-24-13-7-4-10-18(24)19-11-5-8-14-25(19)29/h3-16H,1-2H3. The molecule has 1 aliphatic rings.